The Hall–Kier alpha value is -2.70. The zero-order chi connectivity index (χ0) is 19.4. The van der Waals surface area contributed by atoms with Crippen LogP contribution in [0.2, 0.25) is 5.02 Å². The fourth-order valence-corrected chi connectivity index (χ4v) is 3.70. The standard InChI is InChI=1S/C20H17ClN2O3S/c1-12-17(27-19(22-12)14-7-9-15(21)10-8-14)18(24)23-16(20(25)26)11-13-5-3-2-4-6-13/h2-10,16H,11H2,1H3,(H,23,24)(H,25,26)/t16-/m0/s1. The van der Waals surface area contributed by atoms with E-state index in [1.807, 2.05) is 42.5 Å². The van der Waals surface area contributed by atoms with E-state index in [0.29, 0.717) is 20.6 Å². The molecule has 0 unspecified atom stereocenters. The van der Waals surface area contributed by atoms with E-state index in [1.165, 1.54) is 11.3 Å². The smallest absolute Gasteiger partial charge is 0.326 e. The van der Waals surface area contributed by atoms with Gasteiger partial charge < -0.3 is 10.4 Å². The van der Waals surface area contributed by atoms with Crippen LogP contribution in [0.5, 0.6) is 0 Å². The third-order valence-corrected chi connectivity index (χ3v) is 5.44. The van der Waals surface area contributed by atoms with Gasteiger partial charge in [0.1, 0.15) is 15.9 Å². The predicted octanol–water partition coefficient (Wildman–Crippen LogP) is 4.20. The van der Waals surface area contributed by atoms with E-state index in [4.69, 9.17) is 11.6 Å². The molecule has 27 heavy (non-hydrogen) atoms. The summed E-state index contributed by atoms with van der Waals surface area (Å²) in [7, 11) is 0. The molecule has 0 bridgehead atoms. The average molecular weight is 401 g/mol. The van der Waals surface area contributed by atoms with Crippen molar-refractivity contribution < 1.29 is 14.7 Å². The van der Waals surface area contributed by atoms with Crippen LogP contribution >= 0.6 is 22.9 Å². The zero-order valence-corrected chi connectivity index (χ0v) is 16.1. The monoisotopic (exact) mass is 400 g/mol. The lowest BCUT2D eigenvalue weighted by molar-refractivity contribution is -0.139. The third-order valence-electron chi connectivity index (χ3n) is 3.98. The summed E-state index contributed by atoms with van der Waals surface area (Å²) in [5, 5.41) is 13.4. The van der Waals surface area contributed by atoms with Gasteiger partial charge in [0.2, 0.25) is 0 Å². The quantitative estimate of drug-likeness (QED) is 0.650. The Bertz CT molecular complexity index is 955. The molecule has 0 radical (unpaired) electrons. The van der Waals surface area contributed by atoms with Crippen LogP contribution in [0.25, 0.3) is 10.6 Å². The number of carbonyl (C=O) groups excluding carboxylic acids is 1. The number of thiazole rings is 1. The van der Waals surface area contributed by atoms with E-state index in [2.05, 4.69) is 10.3 Å². The summed E-state index contributed by atoms with van der Waals surface area (Å²) in [6.45, 7) is 1.73. The van der Waals surface area contributed by atoms with Crippen LogP contribution in [0.4, 0.5) is 0 Å². The number of hydrogen-bond donors (Lipinski definition) is 2. The van der Waals surface area contributed by atoms with E-state index >= 15 is 0 Å². The molecule has 0 aliphatic heterocycles. The third kappa shape index (κ3) is 4.72. The topological polar surface area (TPSA) is 79.3 Å². The summed E-state index contributed by atoms with van der Waals surface area (Å²) in [4.78, 5) is 29.1. The first kappa shape index (κ1) is 19.1. The Morgan fingerprint density at radius 1 is 1.15 bits per heavy atom. The van der Waals surface area contributed by atoms with Crippen molar-refractivity contribution in [2.75, 3.05) is 0 Å². The number of aliphatic carboxylic acids is 1. The molecule has 0 saturated heterocycles. The lowest BCUT2D eigenvalue weighted by atomic mass is 10.1. The molecule has 5 nitrogen and oxygen atoms in total. The molecule has 138 valence electrons. The Labute approximate surface area is 165 Å². The molecule has 2 N–H and O–H groups in total. The molecular weight excluding hydrogens is 384 g/mol. The van der Waals surface area contributed by atoms with Crippen LogP contribution in [0.15, 0.2) is 54.6 Å². The molecule has 1 aromatic heterocycles. The molecule has 1 heterocycles. The van der Waals surface area contributed by atoms with Crippen molar-refractivity contribution in [3.05, 3.63) is 75.8 Å². The number of nitrogens with zero attached hydrogens (tertiary/aromatic N) is 1. The van der Waals surface area contributed by atoms with Crippen molar-refractivity contribution in [1.29, 1.82) is 0 Å². The molecule has 2 aromatic carbocycles. The fourth-order valence-electron chi connectivity index (χ4n) is 2.60. The predicted molar refractivity (Wildman–Crippen MR) is 106 cm³/mol. The van der Waals surface area contributed by atoms with Crippen LogP contribution < -0.4 is 5.32 Å². The summed E-state index contributed by atoms with van der Waals surface area (Å²) in [6, 6.07) is 15.4. The number of hydrogen-bond acceptors (Lipinski definition) is 4. The summed E-state index contributed by atoms with van der Waals surface area (Å²) in [6.07, 6.45) is 0.212. The lowest BCUT2D eigenvalue weighted by Gasteiger charge is -2.14. The molecule has 0 aliphatic carbocycles. The molecule has 3 rings (SSSR count). The molecule has 0 aliphatic rings. The minimum atomic E-state index is -1.08. The molecule has 0 spiro atoms. The van der Waals surface area contributed by atoms with Crippen LogP contribution in [-0.4, -0.2) is 28.0 Å². The Kier molecular flexibility index (Phi) is 5.88. The van der Waals surface area contributed by atoms with Gasteiger partial charge in [-0.1, -0.05) is 54.1 Å². The molecule has 7 heteroatoms. The number of carbonyl (C=O) groups is 2. The Balaban J connectivity index is 1.78. The average Bonchev–Trinajstić information content (AvgIpc) is 3.04. The number of benzene rings is 2. The normalized spacial score (nSPS) is 11.8. The summed E-state index contributed by atoms with van der Waals surface area (Å²) in [5.74, 6) is -1.51. The second-order valence-electron chi connectivity index (χ2n) is 5.99. The van der Waals surface area contributed by atoms with Gasteiger partial charge >= 0.3 is 5.97 Å². The van der Waals surface area contributed by atoms with E-state index in [1.54, 1.807) is 19.1 Å². The van der Waals surface area contributed by atoms with Gasteiger partial charge in [-0.25, -0.2) is 9.78 Å². The highest BCUT2D eigenvalue weighted by atomic mass is 35.5. The van der Waals surface area contributed by atoms with Crippen molar-refractivity contribution in [1.82, 2.24) is 10.3 Å². The lowest BCUT2D eigenvalue weighted by Crippen LogP contribution is -2.42. The first-order valence-corrected chi connectivity index (χ1v) is 9.44. The van der Waals surface area contributed by atoms with E-state index < -0.39 is 17.9 Å². The van der Waals surface area contributed by atoms with Gasteiger partial charge in [0.15, 0.2) is 0 Å². The number of halogens is 1. The number of aromatic nitrogens is 1. The number of nitrogens with one attached hydrogen (secondary N) is 1. The molecule has 0 saturated carbocycles. The maximum absolute atomic E-state index is 12.6. The summed E-state index contributed by atoms with van der Waals surface area (Å²) in [5.41, 5.74) is 2.25. The van der Waals surface area contributed by atoms with Crippen molar-refractivity contribution >= 4 is 34.8 Å². The van der Waals surface area contributed by atoms with Crippen molar-refractivity contribution in [2.24, 2.45) is 0 Å². The summed E-state index contributed by atoms with van der Waals surface area (Å²) >= 11 is 7.13. The van der Waals surface area contributed by atoms with Gasteiger partial charge in [-0.15, -0.1) is 11.3 Å². The van der Waals surface area contributed by atoms with Gasteiger partial charge in [-0.3, -0.25) is 4.79 Å². The molecular formula is C20H17ClN2O3S. The highest BCUT2D eigenvalue weighted by molar-refractivity contribution is 7.17. The number of rotatable bonds is 6. The van der Waals surface area contributed by atoms with Crippen LogP contribution in [0.3, 0.4) is 0 Å². The second kappa shape index (κ2) is 8.33. The van der Waals surface area contributed by atoms with E-state index in [-0.39, 0.29) is 6.42 Å². The number of amides is 1. The van der Waals surface area contributed by atoms with Crippen molar-refractivity contribution in [3.8, 4) is 10.6 Å². The van der Waals surface area contributed by atoms with Crippen LogP contribution in [0.1, 0.15) is 20.9 Å². The molecule has 1 amide bonds. The largest absolute Gasteiger partial charge is 0.480 e. The van der Waals surface area contributed by atoms with Crippen molar-refractivity contribution in [2.45, 2.75) is 19.4 Å². The van der Waals surface area contributed by atoms with E-state index in [0.717, 1.165) is 11.1 Å². The maximum Gasteiger partial charge on any atom is 0.326 e. The van der Waals surface area contributed by atoms with Gasteiger partial charge in [0.05, 0.1) is 5.69 Å². The number of aryl methyl sites for hydroxylation is 1. The number of carboxylic acids is 1. The second-order valence-corrected chi connectivity index (χ2v) is 7.43. The van der Waals surface area contributed by atoms with Gasteiger partial charge in [-0.2, -0.15) is 0 Å². The molecule has 3 aromatic rings. The molecule has 0 fully saturated rings. The van der Waals surface area contributed by atoms with Gasteiger partial charge in [0.25, 0.3) is 5.91 Å². The fraction of sp³-hybridized carbons (Fsp3) is 0.150. The highest BCUT2D eigenvalue weighted by Crippen LogP contribution is 2.28. The first-order chi connectivity index (χ1) is 12.9. The maximum atomic E-state index is 12.6. The first-order valence-electron chi connectivity index (χ1n) is 8.25. The minimum absolute atomic E-state index is 0.212. The molecule has 1 atom stereocenters. The Morgan fingerprint density at radius 2 is 1.81 bits per heavy atom. The minimum Gasteiger partial charge on any atom is -0.480 e. The number of carboxylic acid groups (broad SMARTS) is 1. The SMILES string of the molecule is Cc1nc(-c2ccc(Cl)cc2)sc1C(=O)N[C@@H](Cc1ccccc1)C(=O)O. The van der Waals surface area contributed by atoms with Gasteiger partial charge in [-0.05, 0) is 24.6 Å². The van der Waals surface area contributed by atoms with Crippen LogP contribution in [0, 0.1) is 6.92 Å². The summed E-state index contributed by atoms with van der Waals surface area (Å²) < 4.78 is 0. The van der Waals surface area contributed by atoms with E-state index in [9.17, 15) is 14.7 Å². The zero-order valence-electron chi connectivity index (χ0n) is 14.5. The van der Waals surface area contributed by atoms with Gasteiger partial charge in [0, 0.05) is 17.0 Å². The van der Waals surface area contributed by atoms with Crippen LogP contribution in [-0.2, 0) is 11.2 Å². The van der Waals surface area contributed by atoms with Crippen molar-refractivity contribution in [3.63, 3.8) is 0 Å². The highest BCUT2D eigenvalue weighted by Gasteiger charge is 2.24. The Morgan fingerprint density at radius 3 is 2.44 bits per heavy atom.